The number of rotatable bonds is 4. The minimum atomic E-state index is -0.122. The number of fused-ring (bicyclic) bond motifs is 2. The molecule has 1 aromatic heterocycles. The summed E-state index contributed by atoms with van der Waals surface area (Å²) in [6.07, 6.45) is 12.7. The molecule has 2 aliphatic carbocycles. The monoisotopic (exact) mass is 475 g/mol. The Balaban J connectivity index is 1.21. The highest BCUT2D eigenvalue weighted by atomic mass is 16.1. The molecule has 0 radical (unpaired) electrons. The van der Waals surface area contributed by atoms with E-state index in [-0.39, 0.29) is 5.56 Å². The molecule has 0 atom stereocenters. The number of H-pyrrole nitrogens is 2. The number of aromatic amines is 2. The average molecular weight is 476 g/mol. The fraction of sp³-hybridized carbons (Fsp3) is 0.233. The standard InChI is InChI=1S/C30H29N5O/c36-30-28(24-12-7-4-8-13-25(24)33-30)29-31-26-15-14-23(20-27(26)32-29)35-17-9-16-34(18-19-35)21-22-10-5-2-1-3-6-11-22/h2-5,7-8,10-15,20H,1,9,16-19,21H2,(H,31,32)(H,33,36). The fourth-order valence-corrected chi connectivity index (χ4v) is 5.09. The van der Waals surface area contributed by atoms with Gasteiger partial charge in [-0.15, -0.1) is 5.73 Å². The number of aromatic nitrogens is 3. The molecule has 1 fully saturated rings. The smallest absolute Gasteiger partial charge is 0.260 e. The first-order chi connectivity index (χ1) is 17.7. The molecule has 1 saturated heterocycles. The zero-order chi connectivity index (χ0) is 24.3. The van der Waals surface area contributed by atoms with Crippen LogP contribution in [-0.2, 0) is 0 Å². The summed E-state index contributed by atoms with van der Waals surface area (Å²) >= 11 is 0. The Hall–Kier alpha value is -4.12. The highest BCUT2D eigenvalue weighted by molar-refractivity contribution is 5.87. The van der Waals surface area contributed by atoms with Gasteiger partial charge in [0.15, 0.2) is 0 Å². The van der Waals surface area contributed by atoms with Crippen molar-refractivity contribution in [2.75, 3.05) is 37.6 Å². The number of nitrogens with one attached hydrogen (secondary N) is 2. The molecule has 0 unspecified atom stereocenters. The summed E-state index contributed by atoms with van der Waals surface area (Å²) in [5.74, 6) is 0.607. The Bertz CT molecular complexity index is 1550. The second kappa shape index (κ2) is 9.86. The van der Waals surface area contributed by atoms with Crippen LogP contribution in [0.2, 0.25) is 0 Å². The normalized spacial score (nSPS) is 16.8. The van der Waals surface area contributed by atoms with Crippen LogP contribution in [0.15, 0.2) is 95.0 Å². The zero-order valence-corrected chi connectivity index (χ0v) is 20.2. The maximum atomic E-state index is 12.7. The predicted molar refractivity (Wildman–Crippen MR) is 147 cm³/mol. The maximum Gasteiger partial charge on any atom is 0.260 e. The lowest BCUT2D eigenvalue weighted by molar-refractivity contribution is 0.320. The molecule has 36 heavy (non-hydrogen) atoms. The Morgan fingerprint density at radius 2 is 1.94 bits per heavy atom. The van der Waals surface area contributed by atoms with Gasteiger partial charge in [-0.1, -0.05) is 42.5 Å². The topological polar surface area (TPSA) is 68.0 Å². The second-order valence-corrected chi connectivity index (χ2v) is 9.39. The van der Waals surface area contributed by atoms with Crippen molar-refractivity contribution in [1.29, 1.82) is 0 Å². The largest absolute Gasteiger partial charge is 0.370 e. The molecule has 6 rings (SSSR count). The van der Waals surface area contributed by atoms with E-state index in [1.165, 1.54) is 11.3 Å². The molecule has 0 saturated carbocycles. The van der Waals surface area contributed by atoms with Crippen LogP contribution >= 0.6 is 0 Å². The van der Waals surface area contributed by atoms with Crippen molar-refractivity contribution in [3.8, 4) is 22.6 Å². The summed E-state index contributed by atoms with van der Waals surface area (Å²) in [7, 11) is 0. The van der Waals surface area contributed by atoms with Crippen molar-refractivity contribution in [3.05, 3.63) is 101 Å². The number of allylic oxidation sites excluding steroid dienone is 3. The maximum absolute atomic E-state index is 12.7. The molecule has 2 N–H and O–H groups in total. The minimum absolute atomic E-state index is 0.122. The molecule has 3 heterocycles. The van der Waals surface area contributed by atoms with E-state index in [0.717, 1.165) is 67.9 Å². The van der Waals surface area contributed by atoms with Crippen molar-refractivity contribution in [2.24, 2.45) is 0 Å². The van der Waals surface area contributed by atoms with E-state index in [4.69, 9.17) is 4.98 Å². The van der Waals surface area contributed by atoms with E-state index >= 15 is 0 Å². The fourth-order valence-electron chi connectivity index (χ4n) is 5.09. The lowest BCUT2D eigenvalue weighted by atomic mass is 10.1. The van der Waals surface area contributed by atoms with E-state index in [0.29, 0.717) is 11.4 Å². The molecule has 0 bridgehead atoms. The summed E-state index contributed by atoms with van der Waals surface area (Å²) in [6.45, 7) is 5.02. The first kappa shape index (κ1) is 22.4. The molecule has 180 valence electrons. The summed E-state index contributed by atoms with van der Waals surface area (Å²) in [5, 5.41) is 0. The van der Waals surface area contributed by atoms with Gasteiger partial charge in [0, 0.05) is 49.7 Å². The van der Waals surface area contributed by atoms with E-state index in [9.17, 15) is 4.79 Å². The first-order valence-electron chi connectivity index (χ1n) is 12.6. The van der Waals surface area contributed by atoms with E-state index in [1.54, 1.807) is 0 Å². The lowest BCUT2D eigenvalue weighted by Gasteiger charge is -2.24. The Morgan fingerprint density at radius 3 is 2.92 bits per heavy atom. The van der Waals surface area contributed by atoms with Crippen molar-refractivity contribution in [1.82, 2.24) is 19.9 Å². The van der Waals surface area contributed by atoms with Crippen LogP contribution in [0.4, 0.5) is 5.69 Å². The van der Waals surface area contributed by atoms with Crippen molar-refractivity contribution in [2.45, 2.75) is 12.8 Å². The van der Waals surface area contributed by atoms with Gasteiger partial charge in [0.05, 0.1) is 16.6 Å². The molecule has 6 nitrogen and oxygen atoms in total. The number of nitrogens with zero attached hydrogens (tertiary/aromatic N) is 3. The Morgan fingerprint density at radius 1 is 1.00 bits per heavy atom. The molecule has 2 aliphatic heterocycles. The molecule has 0 amide bonds. The van der Waals surface area contributed by atoms with E-state index in [1.807, 2.05) is 30.3 Å². The molecule has 0 spiro atoms. The highest BCUT2D eigenvalue weighted by Gasteiger charge is 2.20. The number of benzene rings is 1. The van der Waals surface area contributed by atoms with Gasteiger partial charge >= 0.3 is 0 Å². The van der Waals surface area contributed by atoms with Crippen LogP contribution < -0.4 is 10.5 Å². The molecule has 1 aromatic carbocycles. The van der Waals surface area contributed by atoms with Gasteiger partial charge in [0.1, 0.15) is 5.82 Å². The van der Waals surface area contributed by atoms with Crippen molar-refractivity contribution in [3.63, 3.8) is 0 Å². The van der Waals surface area contributed by atoms with Gasteiger partial charge in [0.25, 0.3) is 5.56 Å². The summed E-state index contributed by atoms with van der Waals surface area (Å²) in [6, 6.07) is 16.1. The predicted octanol–water partition coefficient (Wildman–Crippen LogP) is 5.13. The minimum Gasteiger partial charge on any atom is -0.370 e. The lowest BCUT2D eigenvalue weighted by Crippen LogP contribution is -2.31. The molecule has 6 heteroatoms. The van der Waals surface area contributed by atoms with Crippen LogP contribution in [-0.4, -0.2) is 52.6 Å². The summed E-state index contributed by atoms with van der Waals surface area (Å²) < 4.78 is 0. The van der Waals surface area contributed by atoms with Gasteiger partial charge in [0.2, 0.25) is 0 Å². The molecular weight excluding hydrogens is 446 g/mol. The van der Waals surface area contributed by atoms with Crippen LogP contribution in [0.25, 0.3) is 33.7 Å². The summed E-state index contributed by atoms with van der Waals surface area (Å²) in [4.78, 5) is 28.8. The first-order valence-corrected chi connectivity index (χ1v) is 12.6. The number of hydrogen-bond acceptors (Lipinski definition) is 4. The van der Waals surface area contributed by atoms with Gasteiger partial charge in [-0.3, -0.25) is 9.69 Å². The number of hydrogen-bond donors (Lipinski definition) is 2. The number of imidazole rings is 1. The Kier molecular flexibility index (Phi) is 6.12. The number of anilines is 1. The van der Waals surface area contributed by atoms with Gasteiger partial charge in [-0.05, 0) is 54.8 Å². The Labute approximate surface area is 210 Å². The molecule has 2 aromatic rings. The van der Waals surface area contributed by atoms with Crippen molar-refractivity contribution < 1.29 is 0 Å². The van der Waals surface area contributed by atoms with Crippen LogP contribution in [0.1, 0.15) is 12.8 Å². The third-order valence-electron chi connectivity index (χ3n) is 6.93. The SMILES string of the molecule is O=c1[nH]c2cccccc-2c1-c1nc2ccc(N3CCCN(CC4=CC=CCC=C=C4)CC3)cc2[nH]1. The van der Waals surface area contributed by atoms with Gasteiger partial charge in [-0.25, -0.2) is 4.98 Å². The third kappa shape index (κ3) is 4.57. The van der Waals surface area contributed by atoms with Gasteiger partial charge < -0.3 is 14.9 Å². The molecule has 4 aliphatic rings. The highest BCUT2D eigenvalue weighted by Crippen LogP contribution is 2.30. The summed E-state index contributed by atoms with van der Waals surface area (Å²) in [5.41, 5.74) is 9.73. The van der Waals surface area contributed by atoms with Crippen molar-refractivity contribution >= 4 is 16.7 Å². The van der Waals surface area contributed by atoms with E-state index < -0.39 is 0 Å². The second-order valence-electron chi connectivity index (χ2n) is 9.39. The van der Waals surface area contributed by atoms with Crippen LogP contribution in [0.5, 0.6) is 0 Å². The van der Waals surface area contributed by atoms with Gasteiger partial charge in [-0.2, -0.15) is 0 Å². The van der Waals surface area contributed by atoms with E-state index in [2.05, 4.69) is 74.1 Å². The van der Waals surface area contributed by atoms with Crippen LogP contribution in [0, 0.1) is 0 Å². The quantitative estimate of drug-likeness (QED) is 0.402. The van der Waals surface area contributed by atoms with Crippen LogP contribution in [0.3, 0.4) is 0 Å². The zero-order valence-electron chi connectivity index (χ0n) is 20.2. The molecular formula is C30H29N5O. The average Bonchev–Trinajstić information content (AvgIpc) is 3.20. The third-order valence-corrected chi connectivity index (χ3v) is 6.93.